The fourth-order valence-corrected chi connectivity index (χ4v) is 3.74. The minimum atomic E-state index is -3.04. The quantitative estimate of drug-likeness (QED) is 0.684. The Morgan fingerprint density at radius 2 is 2.17 bits per heavy atom. The number of fused-ring (bicyclic) bond motifs is 1. The number of hydrogen-bond donors (Lipinski definition) is 2. The number of carbonyl (C=O) groups is 1. The highest BCUT2D eigenvalue weighted by atomic mass is 35.5. The number of ether oxygens (including phenoxy) is 1. The van der Waals surface area contributed by atoms with E-state index in [9.17, 15) is 26.7 Å². The zero-order valence-corrected chi connectivity index (χ0v) is 15.6. The number of amidine groups is 1. The molecule has 0 bridgehead atoms. The number of halogens is 6. The third-order valence-electron chi connectivity index (χ3n) is 4.99. The summed E-state index contributed by atoms with van der Waals surface area (Å²) in [6.45, 7) is -4.22. The molecule has 3 N–H and O–H groups in total. The van der Waals surface area contributed by atoms with E-state index >= 15 is 0 Å². The SMILES string of the molecule is NC1=N[C@](CF)(c2cc(NC(=O)c3nn(C(F)F)cc3Cl)cc(F)c2F)[C@@H]2C[C@@H]2O1. The van der Waals surface area contributed by atoms with E-state index in [2.05, 4.69) is 15.4 Å². The summed E-state index contributed by atoms with van der Waals surface area (Å²) in [5, 5.41) is 5.18. The fourth-order valence-electron chi connectivity index (χ4n) is 3.52. The van der Waals surface area contributed by atoms with Crippen LogP contribution >= 0.6 is 11.6 Å². The number of amides is 1. The van der Waals surface area contributed by atoms with Gasteiger partial charge >= 0.3 is 6.55 Å². The summed E-state index contributed by atoms with van der Waals surface area (Å²) < 4.78 is 73.7. The Kier molecular flexibility index (Phi) is 4.83. The first-order valence-corrected chi connectivity index (χ1v) is 8.95. The number of alkyl halides is 3. The van der Waals surface area contributed by atoms with Gasteiger partial charge in [-0.05, 0) is 12.5 Å². The molecule has 1 saturated carbocycles. The Bertz CT molecular complexity index is 1060. The van der Waals surface area contributed by atoms with Crippen LogP contribution in [-0.2, 0) is 10.3 Å². The van der Waals surface area contributed by atoms with E-state index in [0.29, 0.717) is 12.5 Å². The molecule has 1 aliphatic carbocycles. The number of rotatable bonds is 5. The standard InChI is InChI=1S/C17H13ClF5N5O2/c18-9-4-28(15(22)23)27-13(9)14(29)25-6-1-8(12(21)10(20)2-6)17(5-19)7-3-11(7)30-16(24)26-17/h1-2,4,7,11,15H,3,5H2,(H2,24,26)(H,25,29)/t7-,11+,17+/m1/s1. The second-order valence-electron chi connectivity index (χ2n) is 6.86. The van der Waals surface area contributed by atoms with Crippen LogP contribution in [0.25, 0.3) is 0 Å². The maximum absolute atomic E-state index is 14.6. The Balaban J connectivity index is 1.71. The molecule has 2 aromatic rings. The second kappa shape index (κ2) is 7.11. The first kappa shape index (κ1) is 20.4. The summed E-state index contributed by atoms with van der Waals surface area (Å²) in [5.41, 5.74) is 2.46. The molecule has 2 heterocycles. The van der Waals surface area contributed by atoms with Gasteiger partial charge in [0.1, 0.15) is 18.3 Å². The molecule has 1 aromatic heterocycles. The predicted molar refractivity (Wildman–Crippen MR) is 95.1 cm³/mol. The maximum Gasteiger partial charge on any atom is 0.333 e. The number of benzene rings is 1. The lowest BCUT2D eigenvalue weighted by atomic mass is 9.85. The zero-order valence-electron chi connectivity index (χ0n) is 14.9. The number of nitrogens with two attached hydrogens (primary N) is 1. The molecule has 0 radical (unpaired) electrons. The van der Waals surface area contributed by atoms with Gasteiger partial charge in [0.25, 0.3) is 11.9 Å². The normalized spacial score (nSPS) is 24.8. The molecular formula is C17H13ClF5N5O2. The number of anilines is 1. The number of hydrogen-bond acceptors (Lipinski definition) is 5. The molecule has 7 nitrogen and oxygen atoms in total. The van der Waals surface area contributed by atoms with E-state index in [1.54, 1.807) is 0 Å². The van der Waals surface area contributed by atoms with E-state index in [4.69, 9.17) is 22.1 Å². The third-order valence-corrected chi connectivity index (χ3v) is 5.26. The summed E-state index contributed by atoms with van der Waals surface area (Å²) in [4.78, 5) is 16.3. The maximum atomic E-state index is 14.6. The molecule has 1 aliphatic heterocycles. The van der Waals surface area contributed by atoms with Gasteiger partial charge in [-0.15, -0.1) is 0 Å². The van der Waals surface area contributed by atoms with Gasteiger partial charge in [-0.25, -0.2) is 22.8 Å². The predicted octanol–water partition coefficient (Wildman–Crippen LogP) is 3.36. The summed E-state index contributed by atoms with van der Waals surface area (Å²) in [6, 6.07) is 1.30. The monoisotopic (exact) mass is 449 g/mol. The van der Waals surface area contributed by atoms with Gasteiger partial charge in [-0.3, -0.25) is 4.79 Å². The minimum Gasteiger partial charge on any atom is -0.462 e. The number of carbonyl (C=O) groups excluding carboxylic acids is 1. The van der Waals surface area contributed by atoms with Crippen molar-refractivity contribution < 1.29 is 31.5 Å². The smallest absolute Gasteiger partial charge is 0.333 e. The molecule has 3 atom stereocenters. The average Bonchev–Trinajstić information content (AvgIpc) is 3.35. The number of nitrogens with zero attached hydrogens (tertiary/aromatic N) is 3. The first-order chi connectivity index (χ1) is 14.2. The number of nitrogens with one attached hydrogen (secondary N) is 1. The summed E-state index contributed by atoms with van der Waals surface area (Å²) in [7, 11) is 0. The van der Waals surface area contributed by atoms with Crippen LogP contribution < -0.4 is 11.1 Å². The van der Waals surface area contributed by atoms with Crippen molar-refractivity contribution in [2.24, 2.45) is 16.6 Å². The molecule has 0 spiro atoms. The van der Waals surface area contributed by atoms with Gasteiger partial charge < -0.3 is 15.8 Å². The Hall–Kier alpha value is -2.89. The van der Waals surface area contributed by atoms with E-state index in [0.717, 1.165) is 12.3 Å². The summed E-state index contributed by atoms with van der Waals surface area (Å²) >= 11 is 5.74. The molecule has 160 valence electrons. The Labute approximate surface area is 170 Å². The topological polar surface area (TPSA) is 94.5 Å². The largest absolute Gasteiger partial charge is 0.462 e. The zero-order chi connectivity index (χ0) is 21.8. The van der Waals surface area contributed by atoms with Crippen molar-refractivity contribution in [1.82, 2.24) is 9.78 Å². The van der Waals surface area contributed by atoms with Gasteiger partial charge in [-0.1, -0.05) is 11.6 Å². The lowest BCUT2D eigenvalue weighted by Crippen LogP contribution is -2.40. The highest BCUT2D eigenvalue weighted by Gasteiger charge is 2.60. The van der Waals surface area contributed by atoms with E-state index in [1.807, 2.05) is 0 Å². The Morgan fingerprint density at radius 3 is 2.80 bits per heavy atom. The van der Waals surface area contributed by atoms with E-state index < -0.39 is 59.6 Å². The van der Waals surface area contributed by atoms with Crippen LogP contribution in [-0.4, -0.2) is 34.5 Å². The van der Waals surface area contributed by atoms with Crippen LogP contribution in [0, 0.1) is 17.6 Å². The van der Waals surface area contributed by atoms with Crippen molar-refractivity contribution in [2.45, 2.75) is 24.6 Å². The van der Waals surface area contributed by atoms with Crippen molar-refractivity contribution in [3.63, 3.8) is 0 Å². The van der Waals surface area contributed by atoms with Gasteiger partial charge in [0.2, 0.25) is 0 Å². The van der Waals surface area contributed by atoms with Crippen LogP contribution in [0.4, 0.5) is 27.6 Å². The highest BCUT2D eigenvalue weighted by Crippen LogP contribution is 2.54. The summed E-state index contributed by atoms with van der Waals surface area (Å²) in [6.07, 6.45) is 0.603. The Morgan fingerprint density at radius 1 is 1.43 bits per heavy atom. The second-order valence-corrected chi connectivity index (χ2v) is 7.27. The highest BCUT2D eigenvalue weighted by molar-refractivity contribution is 6.34. The molecular weight excluding hydrogens is 437 g/mol. The molecule has 0 unspecified atom stereocenters. The molecule has 1 aromatic carbocycles. The molecule has 1 amide bonds. The van der Waals surface area contributed by atoms with Crippen LogP contribution in [0.2, 0.25) is 5.02 Å². The van der Waals surface area contributed by atoms with E-state index in [1.165, 1.54) is 0 Å². The number of aliphatic imine (C=N–C) groups is 1. The minimum absolute atomic E-state index is 0.165. The molecule has 13 heteroatoms. The molecule has 2 aliphatic rings. The van der Waals surface area contributed by atoms with Crippen LogP contribution in [0.1, 0.15) is 29.0 Å². The fraction of sp³-hybridized carbons (Fsp3) is 0.353. The first-order valence-electron chi connectivity index (χ1n) is 8.58. The molecule has 1 fully saturated rings. The molecule has 30 heavy (non-hydrogen) atoms. The number of aromatic nitrogens is 2. The van der Waals surface area contributed by atoms with Gasteiger partial charge in [0.15, 0.2) is 17.3 Å². The van der Waals surface area contributed by atoms with E-state index in [-0.39, 0.29) is 21.4 Å². The van der Waals surface area contributed by atoms with Crippen molar-refractivity contribution in [2.75, 3.05) is 12.0 Å². The van der Waals surface area contributed by atoms with Crippen molar-refractivity contribution in [3.05, 3.63) is 46.2 Å². The lowest BCUT2D eigenvalue weighted by molar-refractivity contribution is 0.0561. The van der Waals surface area contributed by atoms with Crippen molar-refractivity contribution in [1.29, 1.82) is 0 Å². The van der Waals surface area contributed by atoms with Gasteiger partial charge in [0, 0.05) is 23.2 Å². The molecule has 0 saturated heterocycles. The average molecular weight is 450 g/mol. The van der Waals surface area contributed by atoms with Crippen LogP contribution in [0.15, 0.2) is 23.3 Å². The van der Waals surface area contributed by atoms with Gasteiger partial charge in [0.05, 0.1) is 11.2 Å². The van der Waals surface area contributed by atoms with Crippen molar-refractivity contribution in [3.8, 4) is 0 Å². The van der Waals surface area contributed by atoms with Crippen LogP contribution in [0.5, 0.6) is 0 Å². The van der Waals surface area contributed by atoms with Crippen molar-refractivity contribution >= 4 is 29.2 Å². The van der Waals surface area contributed by atoms with Crippen LogP contribution in [0.3, 0.4) is 0 Å². The lowest BCUT2D eigenvalue weighted by Gasteiger charge is -2.31. The summed E-state index contributed by atoms with van der Waals surface area (Å²) in [5.74, 6) is -4.34. The molecule has 4 rings (SSSR count). The van der Waals surface area contributed by atoms with Gasteiger partial charge in [-0.2, -0.15) is 13.9 Å². The third kappa shape index (κ3) is 3.24.